The van der Waals surface area contributed by atoms with E-state index in [1.807, 2.05) is 0 Å². The number of likely N-dealkylation sites (tertiary alicyclic amines) is 1. The Labute approximate surface area is 125 Å². The number of aromatic nitrogens is 2. The van der Waals surface area contributed by atoms with Gasteiger partial charge in [-0.05, 0) is 12.8 Å². The van der Waals surface area contributed by atoms with E-state index in [1.54, 1.807) is 17.2 Å². The molecule has 20 heavy (non-hydrogen) atoms. The molecule has 0 saturated carbocycles. The van der Waals surface area contributed by atoms with Crippen LogP contribution in [0.5, 0.6) is 0 Å². The molecule has 0 radical (unpaired) electrons. The summed E-state index contributed by atoms with van der Waals surface area (Å²) in [5.41, 5.74) is -0.00397. The predicted molar refractivity (Wildman–Crippen MR) is 76.1 cm³/mol. The number of carbonyl (C=O) groups excluding carboxylic acids is 1. The highest BCUT2D eigenvalue weighted by molar-refractivity contribution is 7.15. The van der Waals surface area contributed by atoms with Gasteiger partial charge in [0.25, 0.3) is 5.91 Å². The number of piperidine rings is 1. The molecule has 0 aromatic carbocycles. The van der Waals surface area contributed by atoms with Gasteiger partial charge in [-0.2, -0.15) is 0 Å². The third-order valence-corrected chi connectivity index (χ3v) is 5.22. The second kappa shape index (κ2) is 5.18. The molecule has 1 saturated heterocycles. The molecule has 0 spiro atoms. The van der Waals surface area contributed by atoms with Gasteiger partial charge >= 0.3 is 0 Å². The molecule has 7 heteroatoms. The fraction of sp³-hybridized carbons (Fsp3) is 0.462. The van der Waals surface area contributed by atoms with Gasteiger partial charge in [0.15, 0.2) is 0 Å². The minimum atomic E-state index is -0.0956. The van der Waals surface area contributed by atoms with Crippen molar-refractivity contribution in [2.24, 2.45) is 0 Å². The Hall–Kier alpha value is -1.40. The van der Waals surface area contributed by atoms with E-state index in [4.69, 9.17) is 16.1 Å². The summed E-state index contributed by atoms with van der Waals surface area (Å²) in [6.07, 6.45) is 4.92. The van der Waals surface area contributed by atoms with Crippen molar-refractivity contribution in [2.75, 3.05) is 13.1 Å². The van der Waals surface area contributed by atoms with Crippen LogP contribution in [0.25, 0.3) is 0 Å². The van der Waals surface area contributed by atoms with Crippen molar-refractivity contribution in [3.63, 3.8) is 0 Å². The predicted octanol–water partition coefficient (Wildman–Crippen LogP) is 2.98. The molecule has 3 heterocycles. The molecular weight excluding hydrogens is 298 g/mol. The summed E-state index contributed by atoms with van der Waals surface area (Å²) in [7, 11) is 0. The van der Waals surface area contributed by atoms with Crippen LogP contribution in [0.15, 0.2) is 23.0 Å². The van der Waals surface area contributed by atoms with Crippen LogP contribution in [0.1, 0.15) is 35.3 Å². The highest BCUT2D eigenvalue weighted by atomic mass is 35.5. The summed E-state index contributed by atoms with van der Waals surface area (Å²) in [5, 5.41) is 4.62. The van der Waals surface area contributed by atoms with Gasteiger partial charge < -0.3 is 9.42 Å². The zero-order valence-corrected chi connectivity index (χ0v) is 12.6. The standard InChI is InChI=1S/C13H14ClN3O2S/c1-13(12-15-8-10(14)20-12)3-6-17(7-4-13)11(18)9-2-5-16-19-9/h2,5,8H,3-4,6-7H2,1H3. The van der Waals surface area contributed by atoms with Crippen molar-refractivity contribution in [1.29, 1.82) is 0 Å². The number of carbonyl (C=O) groups is 1. The van der Waals surface area contributed by atoms with E-state index in [-0.39, 0.29) is 11.3 Å². The number of thiazole rings is 1. The van der Waals surface area contributed by atoms with Crippen molar-refractivity contribution in [2.45, 2.75) is 25.2 Å². The van der Waals surface area contributed by atoms with Gasteiger partial charge in [0.2, 0.25) is 5.76 Å². The molecule has 5 nitrogen and oxygen atoms in total. The summed E-state index contributed by atoms with van der Waals surface area (Å²) in [6, 6.07) is 1.59. The zero-order chi connectivity index (χ0) is 14.2. The average molecular weight is 312 g/mol. The Morgan fingerprint density at radius 2 is 2.25 bits per heavy atom. The monoisotopic (exact) mass is 311 g/mol. The Bertz CT molecular complexity index is 603. The SMILES string of the molecule is CC1(c2ncc(Cl)s2)CCN(C(=O)c2ccno2)CC1. The normalized spacial score (nSPS) is 18.2. The molecule has 0 N–H and O–H groups in total. The second-order valence-corrected chi connectivity index (χ2v) is 6.86. The lowest BCUT2D eigenvalue weighted by Gasteiger charge is -2.37. The summed E-state index contributed by atoms with van der Waals surface area (Å²) >= 11 is 7.48. The van der Waals surface area contributed by atoms with Crippen LogP contribution in [-0.2, 0) is 5.41 Å². The fourth-order valence-electron chi connectivity index (χ4n) is 2.43. The number of amides is 1. The Morgan fingerprint density at radius 3 is 2.80 bits per heavy atom. The van der Waals surface area contributed by atoms with Crippen LogP contribution in [0, 0.1) is 0 Å². The first kappa shape index (κ1) is 13.6. The summed E-state index contributed by atoms with van der Waals surface area (Å²) in [5.74, 6) is 0.201. The lowest BCUT2D eigenvalue weighted by atomic mass is 9.81. The van der Waals surface area contributed by atoms with E-state index in [2.05, 4.69) is 17.1 Å². The molecule has 2 aromatic heterocycles. The van der Waals surface area contributed by atoms with E-state index in [0.29, 0.717) is 23.2 Å². The van der Waals surface area contributed by atoms with Gasteiger partial charge in [-0.1, -0.05) is 23.7 Å². The van der Waals surface area contributed by atoms with Crippen LogP contribution >= 0.6 is 22.9 Å². The van der Waals surface area contributed by atoms with Crippen LogP contribution in [0.3, 0.4) is 0 Å². The molecule has 1 fully saturated rings. The Morgan fingerprint density at radius 1 is 1.50 bits per heavy atom. The van der Waals surface area contributed by atoms with Crippen LogP contribution < -0.4 is 0 Å². The Kier molecular flexibility index (Phi) is 3.52. The molecule has 0 unspecified atom stereocenters. The average Bonchev–Trinajstić information content (AvgIpc) is 3.10. The van der Waals surface area contributed by atoms with Gasteiger partial charge in [0.1, 0.15) is 9.34 Å². The van der Waals surface area contributed by atoms with Gasteiger partial charge in [-0.15, -0.1) is 11.3 Å². The maximum absolute atomic E-state index is 12.2. The zero-order valence-electron chi connectivity index (χ0n) is 11.0. The highest BCUT2D eigenvalue weighted by Crippen LogP contribution is 2.38. The van der Waals surface area contributed by atoms with Crippen LogP contribution in [0.4, 0.5) is 0 Å². The number of hydrogen-bond donors (Lipinski definition) is 0. The first-order valence-electron chi connectivity index (χ1n) is 6.40. The van der Waals surface area contributed by atoms with Crippen molar-refractivity contribution in [1.82, 2.24) is 15.0 Å². The second-order valence-electron chi connectivity index (χ2n) is 5.20. The number of hydrogen-bond acceptors (Lipinski definition) is 5. The largest absolute Gasteiger partial charge is 0.351 e. The molecule has 1 aliphatic heterocycles. The van der Waals surface area contributed by atoms with Crippen LogP contribution in [0.2, 0.25) is 4.34 Å². The first-order valence-corrected chi connectivity index (χ1v) is 7.60. The molecule has 0 bridgehead atoms. The smallest absolute Gasteiger partial charge is 0.292 e. The molecule has 3 rings (SSSR count). The van der Waals surface area contributed by atoms with Gasteiger partial charge in [-0.3, -0.25) is 4.79 Å². The summed E-state index contributed by atoms with van der Waals surface area (Å²) in [6.45, 7) is 3.55. The first-order chi connectivity index (χ1) is 9.58. The number of halogens is 1. The molecule has 2 aromatic rings. The topological polar surface area (TPSA) is 59.2 Å². The fourth-order valence-corrected chi connectivity index (χ4v) is 3.55. The maximum atomic E-state index is 12.2. The number of nitrogens with zero attached hydrogens (tertiary/aromatic N) is 3. The summed E-state index contributed by atoms with van der Waals surface area (Å²) < 4.78 is 5.63. The van der Waals surface area contributed by atoms with Crippen molar-refractivity contribution in [3.8, 4) is 0 Å². The molecular formula is C13H14ClN3O2S. The molecule has 0 aliphatic carbocycles. The van der Waals surface area contributed by atoms with Gasteiger partial charge in [0.05, 0.1) is 12.4 Å². The quantitative estimate of drug-likeness (QED) is 0.855. The lowest BCUT2D eigenvalue weighted by molar-refractivity contribution is 0.0634. The van der Waals surface area contributed by atoms with Crippen LogP contribution in [-0.4, -0.2) is 34.0 Å². The third-order valence-electron chi connectivity index (χ3n) is 3.80. The van der Waals surface area contributed by atoms with Crippen molar-refractivity contribution in [3.05, 3.63) is 33.6 Å². The molecule has 0 atom stereocenters. The number of rotatable bonds is 2. The molecule has 1 aliphatic rings. The maximum Gasteiger partial charge on any atom is 0.292 e. The van der Waals surface area contributed by atoms with Gasteiger partial charge in [0, 0.05) is 24.6 Å². The Balaban J connectivity index is 1.69. The minimum absolute atomic E-state index is 0.00397. The minimum Gasteiger partial charge on any atom is -0.351 e. The van der Waals surface area contributed by atoms with Crippen molar-refractivity contribution < 1.29 is 9.32 Å². The third kappa shape index (κ3) is 2.45. The van der Waals surface area contributed by atoms with E-state index in [0.717, 1.165) is 17.8 Å². The lowest BCUT2D eigenvalue weighted by Crippen LogP contribution is -2.43. The van der Waals surface area contributed by atoms with E-state index < -0.39 is 0 Å². The highest BCUT2D eigenvalue weighted by Gasteiger charge is 2.36. The molecule has 106 valence electrons. The van der Waals surface area contributed by atoms with E-state index in [9.17, 15) is 4.79 Å². The molecule has 1 amide bonds. The van der Waals surface area contributed by atoms with E-state index >= 15 is 0 Å². The van der Waals surface area contributed by atoms with Crippen molar-refractivity contribution >= 4 is 28.8 Å². The summed E-state index contributed by atoms with van der Waals surface area (Å²) in [4.78, 5) is 18.4. The van der Waals surface area contributed by atoms with Gasteiger partial charge in [-0.25, -0.2) is 4.98 Å². The van der Waals surface area contributed by atoms with E-state index in [1.165, 1.54) is 17.5 Å².